The second kappa shape index (κ2) is 11.5. The molecule has 2 aromatic heterocycles. The molecule has 190 valence electrons. The molecular formula is C31H29N5O2. The van der Waals surface area contributed by atoms with E-state index >= 15 is 0 Å². The molecule has 38 heavy (non-hydrogen) atoms. The Kier molecular flexibility index (Phi) is 7.54. The third-order valence-electron chi connectivity index (χ3n) is 6.25. The molecule has 0 atom stereocenters. The molecule has 0 saturated heterocycles. The summed E-state index contributed by atoms with van der Waals surface area (Å²) in [5, 5.41) is 5.98. The van der Waals surface area contributed by atoms with Crippen LogP contribution in [0.25, 0.3) is 28.3 Å². The minimum Gasteiger partial charge on any atom is -0.352 e. The number of fused-ring (bicyclic) bond motifs is 2. The molecule has 0 radical (unpaired) electrons. The third-order valence-corrected chi connectivity index (χ3v) is 6.25. The van der Waals surface area contributed by atoms with Gasteiger partial charge in [0.25, 0.3) is 5.91 Å². The molecule has 0 aliphatic heterocycles. The van der Waals surface area contributed by atoms with Crippen LogP contribution >= 0.6 is 0 Å². The van der Waals surface area contributed by atoms with E-state index in [2.05, 4.69) is 17.6 Å². The highest BCUT2D eigenvalue weighted by atomic mass is 16.2. The second-order valence-corrected chi connectivity index (χ2v) is 9.02. The molecule has 2 amide bonds. The van der Waals surface area contributed by atoms with Gasteiger partial charge in [-0.2, -0.15) is 0 Å². The predicted molar refractivity (Wildman–Crippen MR) is 152 cm³/mol. The van der Waals surface area contributed by atoms with Crippen molar-refractivity contribution in [3.8, 4) is 0 Å². The normalized spacial score (nSPS) is 11.3. The molecule has 5 rings (SSSR count). The van der Waals surface area contributed by atoms with Crippen LogP contribution in [-0.2, 0) is 11.3 Å². The molecular weight excluding hydrogens is 474 g/mol. The quantitative estimate of drug-likeness (QED) is 0.196. The molecule has 2 heterocycles. The van der Waals surface area contributed by atoms with Crippen LogP contribution in [0.1, 0.15) is 41.3 Å². The number of carbonyl (C=O) groups excluding carboxylic acids is 2. The molecule has 7 nitrogen and oxygen atoms in total. The number of nitrogens with one attached hydrogen (secondary N) is 2. The van der Waals surface area contributed by atoms with Gasteiger partial charge in [0, 0.05) is 12.6 Å². The van der Waals surface area contributed by atoms with Crippen molar-refractivity contribution in [2.24, 2.45) is 0 Å². The maximum Gasteiger partial charge on any atom is 0.257 e. The summed E-state index contributed by atoms with van der Waals surface area (Å²) in [5.74, 6) is -0.267. The summed E-state index contributed by atoms with van der Waals surface area (Å²) in [5.41, 5.74) is 4.61. The van der Waals surface area contributed by atoms with Gasteiger partial charge in [0.15, 0.2) is 5.65 Å². The molecule has 0 bridgehead atoms. The number of anilines is 1. The molecule has 0 fully saturated rings. The summed E-state index contributed by atoms with van der Waals surface area (Å²) in [7, 11) is 0. The van der Waals surface area contributed by atoms with Gasteiger partial charge in [0.05, 0.1) is 17.6 Å². The van der Waals surface area contributed by atoms with Gasteiger partial charge in [-0.15, -0.1) is 0 Å². The third kappa shape index (κ3) is 5.47. The average molecular weight is 504 g/mol. The zero-order valence-electron chi connectivity index (χ0n) is 21.2. The number of rotatable bonds is 9. The van der Waals surface area contributed by atoms with Gasteiger partial charge in [-0.3, -0.25) is 9.59 Å². The molecule has 3 aromatic carbocycles. The maximum absolute atomic E-state index is 13.6. The van der Waals surface area contributed by atoms with Gasteiger partial charge in [-0.1, -0.05) is 86.1 Å². The lowest BCUT2D eigenvalue weighted by molar-refractivity contribution is -0.111. The van der Waals surface area contributed by atoms with Gasteiger partial charge in [0.1, 0.15) is 16.9 Å². The first kappa shape index (κ1) is 24.9. The van der Waals surface area contributed by atoms with Crippen molar-refractivity contribution in [3.63, 3.8) is 0 Å². The van der Waals surface area contributed by atoms with E-state index < -0.39 is 0 Å². The summed E-state index contributed by atoms with van der Waals surface area (Å²) in [6, 6.07) is 27.0. The van der Waals surface area contributed by atoms with Gasteiger partial charge in [0.2, 0.25) is 5.91 Å². The SMILES string of the molecule is CCCCNC(=O)c1c(NC(=O)/C=C/c2ccccc2)n(Cc2ccccc2)c2nc3ccccc3nc12. The number of amides is 2. The van der Waals surface area contributed by atoms with Crippen molar-refractivity contribution in [2.75, 3.05) is 11.9 Å². The smallest absolute Gasteiger partial charge is 0.257 e. The van der Waals surface area contributed by atoms with Crippen LogP contribution in [-0.4, -0.2) is 32.9 Å². The second-order valence-electron chi connectivity index (χ2n) is 9.02. The molecule has 5 aromatic rings. The predicted octanol–water partition coefficient (Wildman–Crippen LogP) is 5.81. The highest BCUT2D eigenvalue weighted by Gasteiger charge is 2.26. The van der Waals surface area contributed by atoms with Crippen molar-refractivity contribution in [3.05, 3.63) is 108 Å². The first-order valence-electron chi connectivity index (χ1n) is 12.8. The zero-order valence-corrected chi connectivity index (χ0v) is 21.2. The summed E-state index contributed by atoms with van der Waals surface area (Å²) in [4.78, 5) is 36.4. The van der Waals surface area contributed by atoms with Gasteiger partial charge < -0.3 is 15.2 Å². The van der Waals surface area contributed by atoms with E-state index in [1.54, 1.807) is 6.08 Å². The lowest BCUT2D eigenvalue weighted by Crippen LogP contribution is -2.26. The Morgan fingerprint density at radius 1 is 0.868 bits per heavy atom. The largest absolute Gasteiger partial charge is 0.352 e. The number of para-hydroxylation sites is 2. The number of unbranched alkanes of at least 4 members (excludes halogenated alkanes) is 1. The van der Waals surface area contributed by atoms with E-state index in [4.69, 9.17) is 9.97 Å². The molecule has 0 aliphatic rings. The number of carbonyl (C=O) groups is 2. The molecule has 0 saturated carbocycles. The van der Waals surface area contributed by atoms with E-state index in [0.29, 0.717) is 46.7 Å². The van der Waals surface area contributed by atoms with Crippen molar-refractivity contribution in [1.29, 1.82) is 0 Å². The Hall–Kier alpha value is -4.78. The summed E-state index contributed by atoms with van der Waals surface area (Å²) in [6.45, 7) is 3.01. The number of nitrogens with zero attached hydrogens (tertiary/aromatic N) is 3. The van der Waals surface area contributed by atoms with Crippen molar-refractivity contribution in [1.82, 2.24) is 19.9 Å². The standard InChI is InChI=1S/C31H29N5O2/c1-2-3-20-32-31(38)27-28-30(34-25-17-11-10-16-24(25)33-28)36(21-23-14-8-5-9-15-23)29(27)35-26(37)19-18-22-12-6-4-7-13-22/h4-19H,2-3,20-21H2,1H3,(H,32,38)(H,35,37)/b19-18+. The topological polar surface area (TPSA) is 88.9 Å². The lowest BCUT2D eigenvalue weighted by Gasteiger charge is -2.12. The minimum absolute atomic E-state index is 0.290. The highest BCUT2D eigenvalue weighted by Crippen LogP contribution is 2.31. The van der Waals surface area contributed by atoms with Gasteiger partial charge >= 0.3 is 0 Å². The van der Waals surface area contributed by atoms with E-state index in [1.807, 2.05) is 89.5 Å². The van der Waals surface area contributed by atoms with E-state index in [-0.39, 0.29) is 11.8 Å². The average Bonchev–Trinajstić information content (AvgIpc) is 3.23. The zero-order chi connectivity index (χ0) is 26.3. The van der Waals surface area contributed by atoms with Crippen molar-refractivity contribution in [2.45, 2.75) is 26.3 Å². The molecule has 0 aliphatic carbocycles. The summed E-state index contributed by atoms with van der Waals surface area (Å²) < 4.78 is 1.87. The fourth-order valence-corrected chi connectivity index (χ4v) is 4.33. The maximum atomic E-state index is 13.6. The number of hydrogen-bond acceptors (Lipinski definition) is 4. The molecule has 2 N–H and O–H groups in total. The Morgan fingerprint density at radius 3 is 2.24 bits per heavy atom. The molecule has 0 unspecified atom stereocenters. The first-order chi connectivity index (χ1) is 18.6. The highest BCUT2D eigenvalue weighted by molar-refractivity contribution is 6.14. The van der Waals surface area contributed by atoms with Crippen LogP contribution in [0.3, 0.4) is 0 Å². The monoisotopic (exact) mass is 503 g/mol. The number of benzene rings is 3. The summed E-state index contributed by atoms with van der Waals surface area (Å²) in [6.07, 6.45) is 5.01. The van der Waals surface area contributed by atoms with Crippen LogP contribution in [0.15, 0.2) is 91.0 Å². The number of hydrogen-bond donors (Lipinski definition) is 2. The Labute approximate surface area is 221 Å². The molecule has 0 spiro atoms. The Bertz CT molecular complexity index is 1610. The van der Waals surface area contributed by atoms with Gasteiger partial charge in [-0.25, -0.2) is 9.97 Å². The lowest BCUT2D eigenvalue weighted by atomic mass is 10.2. The first-order valence-corrected chi connectivity index (χ1v) is 12.8. The van der Waals surface area contributed by atoms with Crippen molar-refractivity contribution >= 4 is 45.9 Å². The van der Waals surface area contributed by atoms with Crippen LogP contribution in [0.2, 0.25) is 0 Å². The molecule has 7 heteroatoms. The van der Waals surface area contributed by atoms with Crippen LogP contribution < -0.4 is 10.6 Å². The van der Waals surface area contributed by atoms with Crippen LogP contribution in [0.4, 0.5) is 5.82 Å². The Balaban J connectivity index is 1.65. The van der Waals surface area contributed by atoms with E-state index in [0.717, 1.165) is 24.0 Å². The van der Waals surface area contributed by atoms with E-state index in [9.17, 15) is 9.59 Å². The summed E-state index contributed by atoms with van der Waals surface area (Å²) >= 11 is 0. The fourth-order valence-electron chi connectivity index (χ4n) is 4.33. The van der Waals surface area contributed by atoms with Crippen LogP contribution in [0.5, 0.6) is 0 Å². The minimum atomic E-state index is -0.349. The van der Waals surface area contributed by atoms with E-state index in [1.165, 1.54) is 6.08 Å². The number of aromatic nitrogens is 3. The fraction of sp³-hybridized carbons (Fsp3) is 0.161. The van der Waals surface area contributed by atoms with Crippen molar-refractivity contribution < 1.29 is 9.59 Å². The Morgan fingerprint density at radius 2 is 1.53 bits per heavy atom. The van der Waals surface area contributed by atoms with Crippen LogP contribution in [0, 0.1) is 0 Å². The van der Waals surface area contributed by atoms with Gasteiger partial charge in [-0.05, 0) is 35.8 Å².